The highest BCUT2D eigenvalue weighted by molar-refractivity contribution is 6.21. The van der Waals surface area contributed by atoms with Crippen LogP contribution in [-0.2, 0) is 9.59 Å². The maximum Gasteiger partial charge on any atom is 0.261 e. The molecular formula is C23H29N3O4. The van der Waals surface area contributed by atoms with Crippen LogP contribution in [0.5, 0.6) is 0 Å². The Morgan fingerprint density at radius 3 is 2.10 bits per heavy atom. The van der Waals surface area contributed by atoms with Crippen molar-refractivity contribution < 1.29 is 19.2 Å². The summed E-state index contributed by atoms with van der Waals surface area (Å²) < 4.78 is 0. The summed E-state index contributed by atoms with van der Waals surface area (Å²) in [6, 6.07) is 6.77. The molecule has 0 spiro atoms. The van der Waals surface area contributed by atoms with Gasteiger partial charge in [-0.15, -0.1) is 0 Å². The number of piperidine rings is 1. The van der Waals surface area contributed by atoms with E-state index in [1.165, 1.54) is 6.42 Å². The van der Waals surface area contributed by atoms with Gasteiger partial charge in [0, 0.05) is 38.0 Å². The molecule has 1 saturated carbocycles. The molecule has 0 aromatic heterocycles. The van der Waals surface area contributed by atoms with Gasteiger partial charge in [0.1, 0.15) is 0 Å². The number of nitrogens with one attached hydrogen (secondary N) is 1. The fraction of sp³-hybridized carbons (Fsp3) is 0.565. The molecule has 1 N–H and O–H groups in total. The molecule has 0 radical (unpaired) electrons. The minimum Gasteiger partial charge on any atom is -0.353 e. The zero-order valence-electron chi connectivity index (χ0n) is 17.3. The van der Waals surface area contributed by atoms with Gasteiger partial charge in [0.25, 0.3) is 11.8 Å². The van der Waals surface area contributed by atoms with E-state index in [0.29, 0.717) is 24.2 Å². The summed E-state index contributed by atoms with van der Waals surface area (Å²) >= 11 is 0. The molecule has 2 fully saturated rings. The number of imide groups is 1. The monoisotopic (exact) mass is 411 g/mol. The molecule has 7 nitrogen and oxygen atoms in total. The normalized spacial score (nSPS) is 20.4. The number of hydrogen-bond acceptors (Lipinski definition) is 4. The van der Waals surface area contributed by atoms with Crippen molar-refractivity contribution in [1.29, 1.82) is 0 Å². The van der Waals surface area contributed by atoms with Gasteiger partial charge < -0.3 is 10.2 Å². The first-order valence-electron chi connectivity index (χ1n) is 11.1. The Morgan fingerprint density at radius 1 is 0.900 bits per heavy atom. The SMILES string of the molecule is O=C(CCN1C(=O)c2ccccc2C1=O)NC1CCN(C(=O)C2CCCCC2)CC1. The molecule has 2 aliphatic heterocycles. The van der Waals surface area contributed by atoms with Crippen LogP contribution in [0.2, 0.25) is 0 Å². The molecule has 3 aliphatic rings. The average molecular weight is 412 g/mol. The number of benzene rings is 1. The van der Waals surface area contributed by atoms with Crippen LogP contribution in [0, 0.1) is 5.92 Å². The second-order valence-electron chi connectivity index (χ2n) is 8.56. The van der Waals surface area contributed by atoms with E-state index in [-0.39, 0.29) is 48.6 Å². The van der Waals surface area contributed by atoms with Gasteiger partial charge in [0.2, 0.25) is 11.8 Å². The molecule has 1 aromatic carbocycles. The number of fused-ring (bicyclic) bond motifs is 1. The van der Waals surface area contributed by atoms with Crippen LogP contribution in [0.15, 0.2) is 24.3 Å². The van der Waals surface area contributed by atoms with Gasteiger partial charge in [-0.3, -0.25) is 24.1 Å². The first-order chi connectivity index (χ1) is 14.5. The number of amides is 4. The number of nitrogens with zero attached hydrogens (tertiary/aromatic N) is 2. The van der Waals surface area contributed by atoms with Crippen molar-refractivity contribution in [3.63, 3.8) is 0 Å². The number of hydrogen-bond donors (Lipinski definition) is 1. The molecule has 0 atom stereocenters. The molecule has 30 heavy (non-hydrogen) atoms. The first kappa shape index (κ1) is 20.6. The highest BCUT2D eigenvalue weighted by Crippen LogP contribution is 2.27. The topological polar surface area (TPSA) is 86.8 Å². The average Bonchev–Trinajstić information content (AvgIpc) is 3.03. The molecule has 1 saturated heterocycles. The van der Waals surface area contributed by atoms with Gasteiger partial charge in [0.15, 0.2) is 0 Å². The molecule has 0 bridgehead atoms. The maximum atomic E-state index is 12.7. The minimum absolute atomic E-state index is 0.0371. The van der Waals surface area contributed by atoms with Gasteiger partial charge in [-0.25, -0.2) is 0 Å². The first-order valence-corrected chi connectivity index (χ1v) is 11.1. The Bertz CT molecular complexity index is 804. The Kier molecular flexibility index (Phi) is 6.16. The number of carbonyl (C=O) groups is 4. The van der Waals surface area contributed by atoms with Crippen LogP contribution < -0.4 is 5.32 Å². The van der Waals surface area contributed by atoms with Crippen LogP contribution in [0.1, 0.15) is 72.1 Å². The summed E-state index contributed by atoms with van der Waals surface area (Å²) in [7, 11) is 0. The molecule has 1 aliphatic carbocycles. The highest BCUT2D eigenvalue weighted by atomic mass is 16.2. The largest absolute Gasteiger partial charge is 0.353 e. The van der Waals surface area contributed by atoms with E-state index >= 15 is 0 Å². The summed E-state index contributed by atoms with van der Waals surface area (Å²) in [5.41, 5.74) is 0.802. The van der Waals surface area contributed by atoms with Crippen molar-refractivity contribution in [3.8, 4) is 0 Å². The summed E-state index contributed by atoms with van der Waals surface area (Å²) in [5, 5.41) is 3.01. The van der Waals surface area contributed by atoms with Gasteiger partial charge in [-0.2, -0.15) is 0 Å². The van der Waals surface area contributed by atoms with E-state index in [9.17, 15) is 19.2 Å². The molecule has 4 rings (SSSR count). The highest BCUT2D eigenvalue weighted by Gasteiger charge is 2.35. The van der Waals surface area contributed by atoms with Gasteiger partial charge in [-0.05, 0) is 37.8 Å². The third-order valence-electron chi connectivity index (χ3n) is 6.57. The molecular weight excluding hydrogens is 382 g/mol. The van der Waals surface area contributed by atoms with Crippen molar-refractivity contribution in [2.75, 3.05) is 19.6 Å². The Balaban J connectivity index is 1.21. The van der Waals surface area contributed by atoms with E-state index in [1.807, 2.05) is 4.90 Å². The molecule has 160 valence electrons. The molecule has 1 aromatic rings. The lowest BCUT2D eigenvalue weighted by Gasteiger charge is -2.35. The van der Waals surface area contributed by atoms with E-state index < -0.39 is 0 Å². The smallest absolute Gasteiger partial charge is 0.261 e. The fourth-order valence-electron chi connectivity index (χ4n) is 4.81. The zero-order chi connectivity index (χ0) is 21.1. The Hall–Kier alpha value is -2.70. The summed E-state index contributed by atoms with van der Waals surface area (Å²) in [5.74, 6) is -0.367. The van der Waals surface area contributed by atoms with Crippen LogP contribution in [0.3, 0.4) is 0 Å². The van der Waals surface area contributed by atoms with Gasteiger partial charge in [0.05, 0.1) is 11.1 Å². The van der Waals surface area contributed by atoms with E-state index in [4.69, 9.17) is 0 Å². The van der Waals surface area contributed by atoms with Crippen molar-refractivity contribution in [1.82, 2.24) is 15.1 Å². The van der Waals surface area contributed by atoms with Crippen LogP contribution in [0.4, 0.5) is 0 Å². The number of rotatable bonds is 5. The molecule has 4 amide bonds. The molecule has 2 heterocycles. The summed E-state index contributed by atoms with van der Waals surface area (Å²) in [6.07, 6.45) is 7.13. The van der Waals surface area contributed by atoms with E-state index in [2.05, 4.69) is 5.32 Å². The van der Waals surface area contributed by atoms with Crippen LogP contribution in [0.25, 0.3) is 0 Å². The fourth-order valence-corrected chi connectivity index (χ4v) is 4.81. The number of carbonyl (C=O) groups excluding carboxylic acids is 4. The lowest BCUT2D eigenvalue weighted by atomic mass is 9.87. The lowest BCUT2D eigenvalue weighted by Crippen LogP contribution is -2.48. The summed E-state index contributed by atoms with van der Waals surface area (Å²) in [4.78, 5) is 52.9. The summed E-state index contributed by atoms with van der Waals surface area (Å²) in [6.45, 7) is 1.44. The third-order valence-corrected chi connectivity index (χ3v) is 6.57. The predicted octanol–water partition coefficient (Wildman–Crippen LogP) is 2.36. The minimum atomic E-state index is -0.335. The quantitative estimate of drug-likeness (QED) is 0.754. The molecule has 7 heteroatoms. The van der Waals surface area contributed by atoms with Crippen molar-refractivity contribution in [3.05, 3.63) is 35.4 Å². The lowest BCUT2D eigenvalue weighted by molar-refractivity contribution is -0.137. The second kappa shape index (κ2) is 8.98. The Labute approximate surface area is 176 Å². The molecule has 0 unspecified atom stereocenters. The van der Waals surface area contributed by atoms with E-state index in [0.717, 1.165) is 43.4 Å². The van der Waals surface area contributed by atoms with Crippen LogP contribution >= 0.6 is 0 Å². The van der Waals surface area contributed by atoms with Crippen LogP contribution in [-0.4, -0.2) is 59.1 Å². The Morgan fingerprint density at radius 2 is 1.50 bits per heavy atom. The van der Waals surface area contributed by atoms with Gasteiger partial charge >= 0.3 is 0 Å². The number of likely N-dealkylation sites (tertiary alicyclic amines) is 1. The predicted molar refractivity (Wildman–Crippen MR) is 111 cm³/mol. The van der Waals surface area contributed by atoms with Crippen molar-refractivity contribution in [2.45, 2.75) is 57.4 Å². The van der Waals surface area contributed by atoms with Crippen molar-refractivity contribution >= 4 is 23.6 Å². The maximum absolute atomic E-state index is 12.7. The van der Waals surface area contributed by atoms with Crippen molar-refractivity contribution in [2.24, 2.45) is 5.92 Å². The second-order valence-corrected chi connectivity index (χ2v) is 8.56. The third kappa shape index (κ3) is 4.25. The zero-order valence-corrected chi connectivity index (χ0v) is 17.3. The van der Waals surface area contributed by atoms with Gasteiger partial charge in [-0.1, -0.05) is 31.4 Å². The van der Waals surface area contributed by atoms with E-state index in [1.54, 1.807) is 24.3 Å². The standard InChI is InChI=1S/C23H29N3O4/c27-20(12-15-26-22(29)18-8-4-5-9-19(18)23(26)30)24-17-10-13-25(14-11-17)21(28)16-6-2-1-3-7-16/h4-5,8-9,16-17H,1-3,6-7,10-15H2,(H,24,27).